The van der Waals surface area contributed by atoms with Crippen LogP contribution in [-0.4, -0.2) is 75.2 Å². The SMILES string of the molecule is CC(C)(C)OC(=O)N1CCN(c2ccc(Nc3cc(NC4CC4)n4ncc(/C=C5\CC(=O)NC5=O)c4n3)cc2)CC1. The molecule has 1 aromatic carbocycles. The molecule has 2 aromatic heterocycles. The van der Waals surface area contributed by atoms with Gasteiger partial charge in [-0.05, 0) is 64.0 Å². The Balaban J connectivity index is 1.17. The maximum Gasteiger partial charge on any atom is 0.410 e. The Morgan fingerprint density at radius 1 is 1.10 bits per heavy atom. The topological polar surface area (TPSA) is 133 Å². The summed E-state index contributed by atoms with van der Waals surface area (Å²) in [5, 5.41) is 13.7. The second-order valence-electron chi connectivity index (χ2n) is 11.6. The highest BCUT2D eigenvalue weighted by Gasteiger charge is 2.27. The number of hydrogen-bond donors (Lipinski definition) is 3. The Kier molecular flexibility index (Phi) is 6.76. The Morgan fingerprint density at radius 3 is 2.46 bits per heavy atom. The third-order valence-electron chi connectivity index (χ3n) is 7.09. The van der Waals surface area contributed by atoms with Crippen LogP contribution in [0.3, 0.4) is 0 Å². The van der Waals surface area contributed by atoms with Gasteiger partial charge in [-0.1, -0.05) is 0 Å². The number of nitrogens with one attached hydrogen (secondary N) is 3. The lowest BCUT2D eigenvalue weighted by Gasteiger charge is -2.36. The number of imide groups is 1. The number of nitrogens with zero attached hydrogens (tertiary/aromatic N) is 5. The van der Waals surface area contributed by atoms with Crippen LogP contribution in [0.15, 0.2) is 42.1 Å². The zero-order valence-corrected chi connectivity index (χ0v) is 23.4. The van der Waals surface area contributed by atoms with E-state index in [-0.39, 0.29) is 24.3 Å². The molecule has 3 N–H and O–H groups in total. The molecule has 1 aliphatic carbocycles. The fourth-order valence-corrected chi connectivity index (χ4v) is 4.87. The molecule has 0 atom stereocenters. The number of ether oxygens (including phenoxy) is 1. The molecule has 12 heteroatoms. The summed E-state index contributed by atoms with van der Waals surface area (Å²) >= 11 is 0. The van der Waals surface area contributed by atoms with E-state index in [2.05, 4.69) is 38.1 Å². The molecule has 3 amide bonds. The molecule has 2 aliphatic heterocycles. The van der Waals surface area contributed by atoms with Crippen molar-refractivity contribution in [1.29, 1.82) is 0 Å². The number of rotatable bonds is 6. The van der Waals surface area contributed by atoms with Crippen LogP contribution in [0.4, 0.5) is 27.8 Å². The predicted molar refractivity (Wildman–Crippen MR) is 155 cm³/mol. The highest BCUT2D eigenvalue weighted by atomic mass is 16.6. The smallest absolute Gasteiger partial charge is 0.410 e. The maximum absolute atomic E-state index is 12.4. The summed E-state index contributed by atoms with van der Waals surface area (Å²) in [6.07, 6.45) is 5.31. The van der Waals surface area contributed by atoms with E-state index < -0.39 is 5.60 Å². The minimum atomic E-state index is -0.505. The van der Waals surface area contributed by atoms with Crippen molar-refractivity contribution in [2.45, 2.75) is 51.7 Å². The minimum absolute atomic E-state index is 0.0453. The van der Waals surface area contributed by atoms with Crippen LogP contribution in [0.5, 0.6) is 0 Å². The minimum Gasteiger partial charge on any atom is -0.444 e. The quantitative estimate of drug-likeness (QED) is 0.307. The molecule has 1 saturated carbocycles. The van der Waals surface area contributed by atoms with Crippen LogP contribution in [0, 0.1) is 0 Å². The number of fused-ring (bicyclic) bond motifs is 1. The summed E-state index contributed by atoms with van der Waals surface area (Å²) in [6.45, 7) is 8.29. The lowest BCUT2D eigenvalue weighted by atomic mass is 10.1. The molecule has 3 aromatic rings. The molecule has 0 unspecified atom stereocenters. The first-order valence-electron chi connectivity index (χ1n) is 13.9. The highest BCUT2D eigenvalue weighted by Crippen LogP contribution is 2.29. The number of carbonyl (C=O) groups excluding carboxylic acids is 3. The largest absolute Gasteiger partial charge is 0.444 e. The van der Waals surface area contributed by atoms with Gasteiger partial charge in [0.05, 0.1) is 12.6 Å². The van der Waals surface area contributed by atoms with E-state index in [1.807, 2.05) is 39.0 Å². The lowest BCUT2D eigenvalue weighted by Crippen LogP contribution is -2.50. The third kappa shape index (κ3) is 6.11. The van der Waals surface area contributed by atoms with Gasteiger partial charge in [-0.3, -0.25) is 14.9 Å². The van der Waals surface area contributed by atoms with E-state index in [9.17, 15) is 14.4 Å². The Bertz CT molecular complexity index is 1530. The molecule has 0 spiro atoms. The van der Waals surface area contributed by atoms with Crippen LogP contribution < -0.4 is 20.9 Å². The third-order valence-corrected chi connectivity index (χ3v) is 7.09. The molecule has 12 nitrogen and oxygen atoms in total. The maximum atomic E-state index is 12.4. The van der Waals surface area contributed by atoms with Crippen molar-refractivity contribution in [1.82, 2.24) is 24.8 Å². The van der Waals surface area contributed by atoms with Gasteiger partial charge in [0.25, 0.3) is 5.91 Å². The van der Waals surface area contributed by atoms with Gasteiger partial charge in [0.1, 0.15) is 17.2 Å². The average Bonchev–Trinajstić information content (AvgIpc) is 3.56. The van der Waals surface area contributed by atoms with Crippen LogP contribution >= 0.6 is 0 Å². The first-order chi connectivity index (χ1) is 19.6. The van der Waals surface area contributed by atoms with Gasteiger partial charge in [0.15, 0.2) is 5.65 Å². The zero-order valence-electron chi connectivity index (χ0n) is 23.4. The van der Waals surface area contributed by atoms with Gasteiger partial charge in [-0.15, -0.1) is 0 Å². The predicted octanol–water partition coefficient (Wildman–Crippen LogP) is 3.53. The summed E-state index contributed by atoms with van der Waals surface area (Å²) in [5.41, 5.74) is 3.08. The second kappa shape index (κ2) is 10.4. The molecule has 3 fully saturated rings. The number of benzene rings is 1. The van der Waals surface area contributed by atoms with Crippen molar-refractivity contribution >= 4 is 52.6 Å². The van der Waals surface area contributed by atoms with Crippen LogP contribution in [0.1, 0.15) is 45.6 Å². The van der Waals surface area contributed by atoms with Gasteiger partial charge in [-0.25, -0.2) is 9.78 Å². The molecule has 2 saturated heterocycles. The monoisotopic (exact) mass is 558 g/mol. The summed E-state index contributed by atoms with van der Waals surface area (Å²) in [7, 11) is 0. The summed E-state index contributed by atoms with van der Waals surface area (Å²) in [4.78, 5) is 45.0. The molecule has 214 valence electrons. The van der Waals surface area contributed by atoms with Crippen molar-refractivity contribution in [3.8, 4) is 0 Å². The fourth-order valence-electron chi connectivity index (χ4n) is 4.87. The number of hydrogen-bond acceptors (Lipinski definition) is 9. The van der Waals surface area contributed by atoms with E-state index in [0.29, 0.717) is 41.7 Å². The first kappa shape index (κ1) is 26.6. The van der Waals surface area contributed by atoms with Gasteiger partial charge in [0, 0.05) is 60.8 Å². The first-order valence-corrected chi connectivity index (χ1v) is 13.9. The lowest BCUT2D eigenvalue weighted by molar-refractivity contribution is -0.124. The van der Waals surface area contributed by atoms with Gasteiger partial charge < -0.3 is 25.2 Å². The van der Waals surface area contributed by atoms with Gasteiger partial charge in [0.2, 0.25) is 5.91 Å². The summed E-state index contributed by atoms with van der Waals surface area (Å²) in [5.74, 6) is 0.742. The Labute approximate surface area is 237 Å². The molecule has 3 aliphatic rings. The fraction of sp³-hybridized carbons (Fsp3) is 0.414. The van der Waals surface area contributed by atoms with Gasteiger partial charge in [-0.2, -0.15) is 9.61 Å². The molecule has 0 bridgehead atoms. The van der Waals surface area contributed by atoms with Gasteiger partial charge >= 0.3 is 6.09 Å². The van der Waals surface area contributed by atoms with Crippen molar-refractivity contribution in [3.05, 3.63) is 47.7 Å². The summed E-state index contributed by atoms with van der Waals surface area (Å²) in [6, 6.07) is 10.4. The Morgan fingerprint density at radius 2 is 1.83 bits per heavy atom. The van der Waals surface area contributed by atoms with Crippen LogP contribution in [0.2, 0.25) is 0 Å². The molecule has 4 heterocycles. The van der Waals surface area contributed by atoms with Crippen molar-refractivity contribution in [2.75, 3.05) is 41.7 Å². The number of amides is 3. The molecular weight excluding hydrogens is 524 g/mol. The second-order valence-corrected chi connectivity index (χ2v) is 11.6. The molecule has 6 rings (SSSR count). The normalized spacial score (nSPS) is 18.7. The van der Waals surface area contributed by atoms with E-state index in [1.165, 1.54) is 0 Å². The van der Waals surface area contributed by atoms with E-state index in [1.54, 1.807) is 21.7 Å². The van der Waals surface area contributed by atoms with Crippen LogP contribution in [-0.2, 0) is 14.3 Å². The van der Waals surface area contributed by atoms with Crippen LogP contribution in [0.25, 0.3) is 11.7 Å². The van der Waals surface area contributed by atoms with E-state index in [4.69, 9.17) is 9.72 Å². The number of carbonyl (C=O) groups is 3. The van der Waals surface area contributed by atoms with Crippen molar-refractivity contribution in [3.63, 3.8) is 0 Å². The number of anilines is 4. The van der Waals surface area contributed by atoms with Crippen molar-refractivity contribution < 1.29 is 19.1 Å². The standard InChI is InChI=1S/C29H34N8O4/c1-29(2,3)41-28(40)36-12-10-35(11-13-36)22-8-6-20(7-9-22)31-23-16-24(32-21-4-5-21)37-26(33-23)19(17-30-37)14-18-15-25(38)34-27(18)39/h6-9,14,16-17,21,32H,4-5,10-13,15H2,1-3H3,(H,31,33)(H,34,38,39)/b18-14+. The number of piperazine rings is 1. The average molecular weight is 559 g/mol. The Hall–Kier alpha value is -4.61. The van der Waals surface area contributed by atoms with Crippen molar-refractivity contribution in [2.24, 2.45) is 0 Å². The zero-order chi connectivity index (χ0) is 28.7. The van der Waals surface area contributed by atoms with E-state index >= 15 is 0 Å². The molecule has 0 radical (unpaired) electrons. The van der Waals surface area contributed by atoms with E-state index in [0.717, 1.165) is 43.1 Å². The number of aromatic nitrogens is 3. The summed E-state index contributed by atoms with van der Waals surface area (Å²) < 4.78 is 7.23. The highest BCUT2D eigenvalue weighted by molar-refractivity contribution is 6.15. The molecule has 41 heavy (non-hydrogen) atoms. The molecular formula is C29H34N8O4.